The number of benzene rings is 1. The van der Waals surface area contributed by atoms with Crippen LogP contribution in [0.15, 0.2) is 43.0 Å². The van der Waals surface area contributed by atoms with Crippen LogP contribution in [0.1, 0.15) is 65.7 Å². The number of hydrogen-bond acceptors (Lipinski definition) is 3. The molecule has 1 aromatic carbocycles. The lowest BCUT2D eigenvalue weighted by atomic mass is 10.1. The molecule has 5 nitrogen and oxygen atoms in total. The van der Waals surface area contributed by atoms with E-state index in [-0.39, 0.29) is 18.4 Å². The maximum atomic E-state index is 6.39. The highest BCUT2D eigenvalue weighted by molar-refractivity contribution is 8.05. The maximum Gasteiger partial charge on any atom is 0.0812 e. The molecular weight excluding hydrogens is 372 g/mol. The lowest BCUT2D eigenvalue weighted by molar-refractivity contribution is 0.106. The number of rotatable bonds is 16. The molecule has 8 N–H and O–H groups in total. The third-order valence-corrected chi connectivity index (χ3v) is 6.50. The predicted molar refractivity (Wildman–Crippen MR) is 127 cm³/mol. The third kappa shape index (κ3) is 13.2. The van der Waals surface area contributed by atoms with Gasteiger partial charge in [-0.05, 0) is 26.0 Å². The van der Waals surface area contributed by atoms with Crippen LogP contribution in [0, 0.1) is 0 Å². The third-order valence-electron chi connectivity index (χ3n) is 4.03. The van der Waals surface area contributed by atoms with Gasteiger partial charge in [0.25, 0.3) is 0 Å². The Morgan fingerprint density at radius 1 is 0.964 bits per heavy atom. The average Bonchev–Trinajstić information content (AvgIpc) is 2.64. The summed E-state index contributed by atoms with van der Waals surface area (Å²) in [7, 11) is -1.80. The fourth-order valence-corrected chi connectivity index (χ4v) is 5.00. The van der Waals surface area contributed by atoms with E-state index in [0.717, 1.165) is 17.9 Å². The normalized spacial score (nSPS) is 13.7. The van der Waals surface area contributed by atoms with E-state index in [1.807, 2.05) is 44.2 Å². The lowest BCUT2D eigenvalue weighted by Gasteiger charge is -2.71. The Morgan fingerprint density at radius 2 is 1.57 bits per heavy atom. The number of hydrogen-bond donors (Lipinski definition) is 2. The summed E-state index contributed by atoms with van der Waals surface area (Å²) in [5.41, 5.74) is 0. The molecule has 1 atom stereocenters. The highest BCUT2D eigenvalue weighted by Gasteiger charge is 2.02. The predicted octanol–water partition coefficient (Wildman–Crippen LogP) is 7.14. The fourth-order valence-electron chi connectivity index (χ4n) is 2.58. The molecule has 0 radical (unpaired) electrons. The zero-order valence-corrected chi connectivity index (χ0v) is 19.8. The molecule has 1 unspecified atom stereocenters. The summed E-state index contributed by atoms with van der Waals surface area (Å²) in [6.45, 7) is 10.6. The molecule has 0 fully saturated rings. The van der Waals surface area contributed by atoms with Gasteiger partial charge in [-0.1, -0.05) is 82.1 Å². The fraction of sp³-hybridized carbons (Fsp3) is 0.636. The van der Waals surface area contributed by atoms with Crippen LogP contribution in [0.3, 0.4) is 0 Å². The first-order valence-electron chi connectivity index (χ1n) is 10.0. The molecule has 0 aromatic heterocycles. The summed E-state index contributed by atoms with van der Waals surface area (Å²) in [5, 5.41) is 0. The Balaban J connectivity index is 0. The smallest absolute Gasteiger partial charge is 0.0812 e. The van der Waals surface area contributed by atoms with E-state index in [0.29, 0.717) is 12.5 Å². The number of quaternary nitrogens is 2. The van der Waals surface area contributed by atoms with Crippen molar-refractivity contribution in [3.8, 4) is 5.75 Å². The average molecular weight is 419 g/mol. The standard InChI is InChI=1S/C22H38O3S.2H3N/c1-5-7-8-9-10-11-15-19-26(24-18-6-2,20-23-21(3)4)25-22-16-13-12-14-17-22;;/h6,12-14,16-17,21H,2,5,7-11,15,18-20H2,1,3-4H3;2*1H3/q-2;;/p+2. The minimum Gasteiger partial charge on any atom is -0.672 e. The Morgan fingerprint density at radius 3 is 2.14 bits per heavy atom. The number of para-hydroxylation sites is 1. The Labute approximate surface area is 175 Å². The largest absolute Gasteiger partial charge is 0.672 e. The van der Waals surface area contributed by atoms with Crippen molar-refractivity contribution in [1.29, 1.82) is 0 Å². The van der Waals surface area contributed by atoms with Gasteiger partial charge in [0, 0.05) is 12.7 Å². The van der Waals surface area contributed by atoms with E-state index in [4.69, 9.17) is 13.1 Å². The first-order valence-corrected chi connectivity index (χ1v) is 11.8. The van der Waals surface area contributed by atoms with Gasteiger partial charge in [0.2, 0.25) is 0 Å². The minimum absolute atomic E-state index is 0. The van der Waals surface area contributed by atoms with Gasteiger partial charge in [0.05, 0.1) is 5.75 Å². The quantitative estimate of drug-likeness (QED) is 0.220. The van der Waals surface area contributed by atoms with Crippen molar-refractivity contribution in [2.75, 3.05) is 18.3 Å². The summed E-state index contributed by atoms with van der Waals surface area (Å²) in [6.07, 6.45) is 10.9. The van der Waals surface area contributed by atoms with Crippen LogP contribution in [-0.2, 0) is 19.5 Å². The van der Waals surface area contributed by atoms with E-state index in [1.54, 1.807) is 6.08 Å². The lowest BCUT2D eigenvalue weighted by Crippen LogP contribution is -2.41. The molecule has 1 rings (SSSR count). The first kappa shape index (κ1) is 29.2. The van der Waals surface area contributed by atoms with Gasteiger partial charge in [-0.15, -0.1) is 6.58 Å². The van der Waals surface area contributed by atoms with E-state index < -0.39 is 10.6 Å². The maximum absolute atomic E-state index is 6.39. The van der Waals surface area contributed by atoms with Gasteiger partial charge >= 0.3 is 0 Å². The summed E-state index contributed by atoms with van der Waals surface area (Å²) in [6, 6.07) is 9.95. The van der Waals surface area contributed by atoms with E-state index >= 15 is 0 Å². The van der Waals surface area contributed by atoms with Crippen molar-refractivity contribution in [3.05, 3.63) is 43.0 Å². The van der Waals surface area contributed by atoms with Crippen molar-refractivity contribution in [1.82, 2.24) is 12.3 Å². The van der Waals surface area contributed by atoms with Gasteiger partial charge in [-0.2, -0.15) is 5.75 Å². The number of ether oxygens (including phenoxy) is 1. The van der Waals surface area contributed by atoms with Crippen LogP contribution in [0.5, 0.6) is 5.75 Å². The van der Waals surface area contributed by atoms with Crippen molar-refractivity contribution in [3.63, 3.8) is 0 Å². The second-order valence-electron chi connectivity index (χ2n) is 6.87. The molecule has 0 bridgehead atoms. The van der Waals surface area contributed by atoms with Gasteiger partial charge < -0.3 is 36.0 Å². The van der Waals surface area contributed by atoms with Crippen molar-refractivity contribution < 1.29 is 13.1 Å². The van der Waals surface area contributed by atoms with Crippen molar-refractivity contribution in [2.24, 2.45) is 0 Å². The molecule has 0 saturated carbocycles. The molecule has 0 spiro atoms. The SMILES string of the molecule is C=CCO[S-2](CCCCCCCCC)(COC(C)C)Oc1ccccc1.[NH4+].[NH4+]. The molecule has 0 aliphatic heterocycles. The second-order valence-corrected chi connectivity index (χ2v) is 9.41. The Bertz CT molecular complexity index is 474. The number of unbranched alkanes of at least 4 members (excludes halogenated alkanes) is 6. The Hall–Kier alpha value is -1.05. The second kappa shape index (κ2) is 18.0. The summed E-state index contributed by atoms with van der Waals surface area (Å²) >= 11 is 0. The van der Waals surface area contributed by atoms with Gasteiger partial charge in [0.1, 0.15) is 0 Å². The van der Waals surface area contributed by atoms with Gasteiger partial charge in [0.15, 0.2) is 0 Å². The van der Waals surface area contributed by atoms with Crippen LogP contribution >= 0.6 is 0 Å². The van der Waals surface area contributed by atoms with Crippen LogP contribution < -0.4 is 16.5 Å². The van der Waals surface area contributed by atoms with Crippen LogP contribution in [0.4, 0.5) is 0 Å². The van der Waals surface area contributed by atoms with E-state index in [9.17, 15) is 0 Å². The summed E-state index contributed by atoms with van der Waals surface area (Å²) < 4.78 is 18.5. The Kier molecular flexibility index (Phi) is 18.8. The molecular formula is C22H46N2O3S. The van der Waals surface area contributed by atoms with Crippen LogP contribution in [0.2, 0.25) is 0 Å². The topological polar surface area (TPSA) is 101 Å². The monoisotopic (exact) mass is 418 g/mol. The molecule has 0 amide bonds. The zero-order valence-electron chi connectivity index (χ0n) is 19.0. The highest BCUT2D eigenvalue weighted by atomic mass is 32.3. The minimum atomic E-state index is -1.80. The molecule has 6 heteroatoms. The first-order chi connectivity index (χ1) is 12.6. The molecule has 168 valence electrons. The zero-order chi connectivity index (χ0) is 19.1. The highest BCUT2D eigenvalue weighted by Crippen LogP contribution is 2.28. The summed E-state index contributed by atoms with van der Waals surface area (Å²) in [5.74, 6) is 2.25. The van der Waals surface area contributed by atoms with Crippen molar-refractivity contribution >= 4 is 10.6 Å². The van der Waals surface area contributed by atoms with Crippen molar-refractivity contribution in [2.45, 2.75) is 71.8 Å². The molecule has 0 saturated heterocycles. The van der Waals surface area contributed by atoms with Gasteiger partial charge in [-0.3, -0.25) is 0 Å². The molecule has 0 aliphatic carbocycles. The van der Waals surface area contributed by atoms with E-state index in [2.05, 4.69) is 13.5 Å². The van der Waals surface area contributed by atoms with Gasteiger partial charge in [-0.25, -0.2) is 0 Å². The van der Waals surface area contributed by atoms with E-state index in [1.165, 1.54) is 38.5 Å². The molecule has 0 heterocycles. The molecule has 0 aliphatic rings. The van der Waals surface area contributed by atoms with Crippen LogP contribution in [-0.4, -0.2) is 24.4 Å². The van der Waals surface area contributed by atoms with Crippen LogP contribution in [0.25, 0.3) is 0 Å². The molecule has 1 aromatic rings. The summed E-state index contributed by atoms with van der Waals surface area (Å²) in [4.78, 5) is 0. The molecule has 28 heavy (non-hydrogen) atoms.